The van der Waals surface area contributed by atoms with E-state index in [1.807, 2.05) is 38.1 Å². The number of H-pyrrole nitrogens is 3. The Labute approximate surface area is 189 Å². The van der Waals surface area contributed by atoms with Gasteiger partial charge in [0.2, 0.25) is 0 Å². The number of nitrogens with one attached hydrogen (secondary N) is 3. The van der Waals surface area contributed by atoms with Crippen molar-refractivity contribution in [1.29, 1.82) is 0 Å². The van der Waals surface area contributed by atoms with Crippen molar-refractivity contribution in [3.8, 4) is 0 Å². The normalized spacial score (nSPS) is 11.0. The van der Waals surface area contributed by atoms with Gasteiger partial charge in [-0.05, 0) is 24.0 Å². The van der Waals surface area contributed by atoms with E-state index in [0.717, 1.165) is 11.1 Å². The standard InChI is InChI=1S/C24H28N4O5/c1-4-10-33-14-28-20(18(6-3)22(30)27-24(28)32)13-16-9-7-8-15(11-16)12-19-17(5-2)21(29)26-23(31)25-19/h4,7-9,11H,1,5-6,10,12-14H2,2-3H3,(H,27,30,32)(H2,25,26,29,31). The molecule has 0 radical (unpaired) electrons. The van der Waals surface area contributed by atoms with Gasteiger partial charge in [0.25, 0.3) is 11.1 Å². The molecule has 9 heteroatoms. The molecule has 0 fully saturated rings. The van der Waals surface area contributed by atoms with Crippen molar-refractivity contribution in [3.63, 3.8) is 0 Å². The predicted molar refractivity (Wildman–Crippen MR) is 126 cm³/mol. The molecule has 0 atom stereocenters. The van der Waals surface area contributed by atoms with Crippen molar-refractivity contribution in [2.24, 2.45) is 0 Å². The fraction of sp³-hybridized carbons (Fsp3) is 0.333. The van der Waals surface area contributed by atoms with Gasteiger partial charge >= 0.3 is 11.4 Å². The van der Waals surface area contributed by atoms with E-state index < -0.39 is 16.9 Å². The summed E-state index contributed by atoms with van der Waals surface area (Å²) in [5.41, 5.74) is 2.15. The SMILES string of the molecule is C=CCOCn1c(Cc2cccc(Cc3[nH]c(=O)[nH]c(=O)c3CC)c2)c(CC)c(=O)[nH]c1=O. The highest BCUT2D eigenvalue weighted by Crippen LogP contribution is 2.16. The third-order valence-corrected chi connectivity index (χ3v) is 5.45. The summed E-state index contributed by atoms with van der Waals surface area (Å²) < 4.78 is 6.91. The Hall–Kier alpha value is -3.72. The van der Waals surface area contributed by atoms with Gasteiger partial charge in [0.1, 0.15) is 6.73 Å². The average Bonchev–Trinajstić information content (AvgIpc) is 2.76. The van der Waals surface area contributed by atoms with Crippen LogP contribution >= 0.6 is 0 Å². The number of hydrogen-bond acceptors (Lipinski definition) is 5. The Balaban J connectivity index is 1.99. The van der Waals surface area contributed by atoms with E-state index in [-0.39, 0.29) is 18.9 Å². The zero-order chi connectivity index (χ0) is 24.0. The molecular weight excluding hydrogens is 424 g/mol. The zero-order valence-corrected chi connectivity index (χ0v) is 18.8. The van der Waals surface area contributed by atoms with Gasteiger partial charge in [-0.1, -0.05) is 44.2 Å². The largest absolute Gasteiger partial charge is 0.357 e. The van der Waals surface area contributed by atoms with Crippen LogP contribution in [0.5, 0.6) is 0 Å². The Morgan fingerprint density at radius 1 is 0.939 bits per heavy atom. The van der Waals surface area contributed by atoms with Crippen molar-refractivity contribution in [3.05, 3.63) is 112 Å². The molecule has 2 heterocycles. The lowest BCUT2D eigenvalue weighted by atomic mass is 9.99. The number of aromatic nitrogens is 4. The van der Waals surface area contributed by atoms with E-state index in [9.17, 15) is 19.2 Å². The maximum absolute atomic E-state index is 12.5. The Morgan fingerprint density at radius 3 is 2.27 bits per heavy atom. The van der Waals surface area contributed by atoms with Crippen LogP contribution < -0.4 is 22.5 Å². The molecule has 3 N–H and O–H groups in total. The third-order valence-electron chi connectivity index (χ3n) is 5.45. The van der Waals surface area contributed by atoms with Crippen molar-refractivity contribution >= 4 is 0 Å². The van der Waals surface area contributed by atoms with Gasteiger partial charge in [-0.25, -0.2) is 9.59 Å². The van der Waals surface area contributed by atoms with Crippen molar-refractivity contribution in [2.75, 3.05) is 6.61 Å². The first-order valence-corrected chi connectivity index (χ1v) is 10.8. The molecule has 0 aliphatic heterocycles. The predicted octanol–water partition coefficient (Wildman–Crippen LogP) is 1.38. The molecular formula is C24H28N4O5. The molecule has 33 heavy (non-hydrogen) atoms. The van der Waals surface area contributed by atoms with Gasteiger partial charge in [-0.3, -0.25) is 24.1 Å². The van der Waals surface area contributed by atoms with E-state index >= 15 is 0 Å². The number of rotatable bonds is 10. The molecule has 174 valence electrons. The molecule has 0 saturated carbocycles. The first-order chi connectivity index (χ1) is 15.9. The molecule has 0 spiro atoms. The van der Waals surface area contributed by atoms with Crippen molar-refractivity contribution in [1.82, 2.24) is 19.5 Å². The molecule has 0 saturated heterocycles. The summed E-state index contributed by atoms with van der Waals surface area (Å²) in [6.45, 7) is 7.59. The molecule has 1 aromatic carbocycles. The van der Waals surface area contributed by atoms with E-state index in [1.54, 1.807) is 6.08 Å². The third kappa shape index (κ3) is 5.56. The van der Waals surface area contributed by atoms with Crippen LogP contribution in [0.3, 0.4) is 0 Å². The minimum Gasteiger partial charge on any atom is -0.357 e. The summed E-state index contributed by atoms with van der Waals surface area (Å²) in [4.78, 5) is 56.1. The number of ether oxygens (including phenoxy) is 1. The summed E-state index contributed by atoms with van der Waals surface area (Å²) >= 11 is 0. The minimum absolute atomic E-state index is 0.00243. The Bertz CT molecular complexity index is 1380. The molecule has 0 unspecified atom stereocenters. The van der Waals surface area contributed by atoms with Gasteiger partial charge in [-0.2, -0.15) is 0 Å². The fourth-order valence-electron chi connectivity index (χ4n) is 3.92. The van der Waals surface area contributed by atoms with Crippen LogP contribution in [0.1, 0.15) is 47.5 Å². The molecule has 3 aromatic rings. The van der Waals surface area contributed by atoms with Crippen LogP contribution in [0.15, 0.2) is 56.1 Å². The monoisotopic (exact) mass is 452 g/mol. The van der Waals surface area contributed by atoms with E-state index in [0.29, 0.717) is 48.2 Å². The number of benzene rings is 1. The minimum atomic E-state index is -0.539. The number of nitrogens with zero attached hydrogens (tertiary/aromatic N) is 1. The fourth-order valence-corrected chi connectivity index (χ4v) is 3.92. The second kappa shape index (κ2) is 10.7. The average molecular weight is 453 g/mol. The van der Waals surface area contributed by atoms with Crippen LogP contribution in [0.25, 0.3) is 0 Å². The summed E-state index contributed by atoms with van der Waals surface area (Å²) in [7, 11) is 0. The first kappa shape index (κ1) is 23.9. The van der Waals surface area contributed by atoms with Gasteiger partial charge in [-0.15, -0.1) is 6.58 Å². The van der Waals surface area contributed by atoms with E-state index in [4.69, 9.17) is 4.74 Å². The van der Waals surface area contributed by atoms with Crippen molar-refractivity contribution < 1.29 is 4.74 Å². The highest BCUT2D eigenvalue weighted by atomic mass is 16.5. The zero-order valence-electron chi connectivity index (χ0n) is 18.8. The first-order valence-electron chi connectivity index (χ1n) is 10.8. The molecule has 0 aliphatic rings. The summed E-state index contributed by atoms with van der Waals surface area (Å²) in [5.74, 6) is 0. The lowest BCUT2D eigenvalue weighted by Crippen LogP contribution is -2.36. The summed E-state index contributed by atoms with van der Waals surface area (Å²) in [6, 6.07) is 7.63. The lowest BCUT2D eigenvalue weighted by molar-refractivity contribution is 0.0943. The quantitative estimate of drug-likeness (QED) is 0.316. The highest BCUT2D eigenvalue weighted by Gasteiger charge is 2.15. The lowest BCUT2D eigenvalue weighted by Gasteiger charge is -2.16. The van der Waals surface area contributed by atoms with Crippen LogP contribution in [-0.4, -0.2) is 26.1 Å². The maximum Gasteiger partial charge on any atom is 0.330 e. The van der Waals surface area contributed by atoms with Crippen LogP contribution in [-0.2, 0) is 37.2 Å². The number of aromatic amines is 3. The van der Waals surface area contributed by atoms with Crippen LogP contribution in [0.4, 0.5) is 0 Å². The summed E-state index contributed by atoms with van der Waals surface area (Å²) in [5, 5.41) is 0. The second-order valence-corrected chi connectivity index (χ2v) is 7.65. The van der Waals surface area contributed by atoms with Gasteiger partial charge in [0.15, 0.2) is 0 Å². The summed E-state index contributed by atoms with van der Waals surface area (Å²) in [6.07, 6.45) is 3.26. The van der Waals surface area contributed by atoms with Gasteiger partial charge < -0.3 is 9.72 Å². The van der Waals surface area contributed by atoms with Crippen molar-refractivity contribution in [2.45, 2.75) is 46.3 Å². The Kier molecular flexibility index (Phi) is 7.78. The smallest absolute Gasteiger partial charge is 0.330 e. The second-order valence-electron chi connectivity index (χ2n) is 7.65. The molecule has 2 aromatic heterocycles. The van der Waals surface area contributed by atoms with Gasteiger partial charge in [0, 0.05) is 35.4 Å². The molecule has 0 amide bonds. The highest BCUT2D eigenvalue weighted by molar-refractivity contribution is 5.33. The number of hydrogen-bond donors (Lipinski definition) is 3. The molecule has 9 nitrogen and oxygen atoms in total. The Morgan fingerprint density at radius 2 is 1.61 bits per heavy atom. The van der Waals surface area contributed by atoms with Gasteiger partial charge in [0.05, 0.1) is 6.61 Å². The maximum atomic E-state index is 12.5. The molecule has 0 bridgehead atoms. The van der Waals surface area contributed by atoms with E-state index in [1.165, 1.54) is 4.57 Å². The molecule has 0 aliphatic carbocycles. The topological polar surface area (TPSA) is 130 Å². The van der Waals surface area contributed by atoms with E-state index in [2.05, 4.69) is 21.5 Å². The van der Waals surface area contributed by atoms with Crippen LogP contribution in [0, 0.1) is 0 Å². The van der Waals surface area contributed by atoms with Crippen LogP contribution in [0.2, 0.25) is 0 Å². The molecule has 3 rings (SSSR count).